The molecule has 1 fully saturated rings. The van der Waals surface area contributed by atoms with Crippen LogP contribution in [0.25, 0.3) is 0 Å². The van der Waals surface area contributed by atoms with Crippen molar-refractivity contribution in [2.45, 2.75) is 52.9 Å². The molecule has 1 aromatic carbocycles. The van der Waals surface area contributed by atoms with Crippen LogP contribution in [0, 0.1) is 25.7 Å². The molecule has 1 aliphatic carbocycles. The third-order valence-corrected chi connectivity index (χ3v) is 4.83. The Labute approximate surface area is 129 Å². The molecule has 0 spiro atoms. The van der Waals surface area contributed by atoms with Crippen molar-refractivity contribution >= 4 is 11.5 Å². The fraction of sp³-hybridized carbons (Fsp3) is 0.632. The lowest BCUT2D eigenvalue weighted by Gasteiger charge is -2.32. The van der Waals surface area contributed by atoms with E-state index in [-0.39, 0.29) is 5.92 Å². The van der Waals surface area contributed by atoms with Crippen molar-refractivity contribution in [1.29, 1.82) is 0 Å². The highest BCUT2D eigenvalue weighted by atomic mass is 16.1. The molecule has 2 atom stereocenters. The summed E-state index contributed by atoms with van der Waals surface area (Å²) in [4.78, 5) is 14.5. The van der Waals surface area contributed by atoms with Gasteiger partial charge in [-0.2, -0.15) is 0 Å². The molecule has 0 heterocycles. The minimum atomic E-state index is 0.223. The van der Waals surface area contributed by atoms with Crippen LogP contribution in [-0.2, 0) is 4.79 Å². The van der Waals surface area contributed by atoms with Gasteiger partial charge in [-0.25, -0.2) is 0 Å². The highest BCUT2D eigenvalue weighted by Gasteiger charge is 2.29. The number of benzene rings is 1. The summed E-state index contributed by atoms with van der Waals surface area (Å²) < 4.78 is 0. The summed E-state index contributed by atoms with van der Waals surface area (Å²) in [5.41, 5.74) is 3.85. The second-order valence-electron chi connectivity index (χ2n) is 6.76. The van der Waals surface area contributed by atoms with Gasteiger partial charge in [-0.05, 0) is 44.2 Å². The molecule has 0 radical (unpaired) electrons. The van der Waals surface area contributed by atoms with Crippen molar-refractivity contribution in [3.8, 4) is 0 Å². The molecule has 0 saturated heterocycles. The first-order valence-corrected chi connectivity index (χ1v) is 8.32. The Morgan fingerprint density at radius 1 is 1.29 bits per heavy atom. The van der Waals surface area contributed by atoms with E-state index in [9.17, 15) is 4.79 Å². The fourth-order valence-corrected chi connectivity index (χ4v) is 3.71. The quantitative estimate of drug-likeness (QED) is 0.793. The second-order valence-corrected chi connectivity index (χ2v) is 6.76. The summed E-state index contributed by atoms with van der Waals surface area (Å²) in [6, 6.07) is 6.55. The van der Waals surface area contributed by atoms with E-state index in [4.69, 9.17) is 0 Å². The van der Waals surface area contributed by atoms with Gasteiger partial charge in [0, 0.05) is 31.6 Å². The molecule has 2 rings (SSSR count). The average molecular weight is 287 g/mol. The number of nitrogens with zero attached hydrogens (tertiary/aromatic N) is 1. The Bertz CT molecular complexity index is 494. The van der Waals surface area contributed by atoms with E-state index < -0.39 is 0 Å². The number of hydrogen-bond acceptors (Lipinski definition) is 2. The van der Waals surface area contributed by atoms with Gasteiger partial charge in [0.15, 0.2) is 0 Å². The summed E-state index contributed by atoms with van der Waals surface area (Å²) in [6.07, 6.45) is 5.49. The standard InChI is InChI=1S/C19H29NO/c1-5-6-16-8-10-19(21)17(12-16)13-20(4)18-9-7-14(2)11-15(18)3/h7,9,11,16-17H,5-6,8,10,12-13H2,1-4H3. The van der Waals surface area contributed by atoms with Crippen LogP contribution in [0.1, 0.15) is 50.2 Å². The molecular formula is C19H29NO. The second kappa shape index (κ2) is 7.11. The van der Waals surface area contributed by atoms with Crippen molar-refractivity contribution in [2.24, 2.45) is 11.8 Å². The van der Waals surface area contributed by atoms with Gasteiger partial charge in [0.2, 0.25) is 0 Å². The molecule has 0 aliphatic heterocycles. The summed E-state index contributed by atoms with van der Waals surface area (Å²) >= 11 is 0. The zero-order valence-electron chi connectivity index (χ0n) is 14.0. The third kappa shape index (κ3) is 4.09. The highest BCUT2D eigenvalue weighted by molar-refractivity contribution is 5.82. The van der Waals surface area contributed by atoms with Crippen LogP contribution in [0.3, 0.4) is 0 Å². The van der Waals surface area contributed by atoms with Crippen LogP contribution in [0.4, 0.5) is 5.69 Å². The summed E-state index contributed by atoms with van der Waals surface area (Å²) in [5.74, 6) is 1.45. The van der Waals surface area contributed by atoms with Crippen molar-refractivity contribution < 1.29 is 4.79 Å². The monoisotopic (exact) mass is 287 g/mol. The van der Waals surface area contributed by atoms with Gasteiger partial charge in [0.1, 0.15) is 5.78 Å². The molecular weight excluding hydrogens is 258 g/mol. The lowest BCUT2D eigenvalue weighted by molar-refractivity contribution is -0.125. The molecule has 1 aromatic rings. The van der Waals surface area contributed by atoms with Gasteiger partial charge in [0.05, 0.1) is 0 Å². The van der Waals surface area contributed by atoms with Gasteiger partial charge in [0.25, 0.3) is 0 Å². The molecule has 0 amide bonds. The normalized spacial score (nSPS) is 22.4. The molecule has 2 unspecified atom stereocenters. The number of carbonyl (C=O) groups excluding carboxylic acids is 1. The minimum Gasteiger partial charge on any atom is -0.374 e. The van der Waals surface area contributed by atoms with E-state index in [2.05, 4.69) is 50.9 Å². The van der Waals surface area contributed by atoms with Crippen molar-refractivity contribution in [1.82, 2.24) is 0 Å². The summed E-state index contributed by atoms with van der Waals surface area (Å²) in [6.45, 7) is 7.38. The third-order valence-electron chi connectivity index (χ3n) is 4.83. The van der Waals surface area contributed by atoms with Gasteiger partial charge < -0.3 is 4.90 Å². The molecule has 1 saturated carbocycles. The number of Topliss-reactive ketones (excluding diaryl/α,β-unsaturated/α-hetero) is 1. The van der Waals surface area contributed by atoms with Gasteiger partial charge in [-0.3, -0.25) is 4.79 Å². The molecule has 2 nitrogen and oxygen atoms in total. The number of carbonyl (C=O) groups is 1. The first-order chi connectivity index (χ1) is 10.0. The Hall–Kier alpha value is -1.31. The predicted octanol–water partition coefficient (Wildman–Crippen LogP) is 4.53. The fourth-order valence-electron chi connectivity index (χ4n) is 3.71. The Morgan fingerprint density at radius 3 is 2.71 bits per heavy atom. The molecule has 21 heavy (non-hydrogen) atoms. The maximum atomic E-state index is 12.2. The molecule has 0 aromatic heterocycles. The summed E-state index contributed by atoms with van der Waals surface area (Å²) in [7, 11) is 2.12. The van der Waals surface area contributed by atoms with E-state index in [1.54, 1.807) is 0 Å². The van der Waals surface area contributed by atoms with Crippen molar-refractivity contribution in [3.05, 3.63) is 29.3 Å². The number of anilines is 1. The lowest BCUT2D eigenvalue weighted by Crippen LogP contribution is -2.35. The Morgan fingerprint density at radius 2 is 2.05 bits per heavy atom. The van der Waals surface area contributed by atoms with E-state index in [1.165, 1.54) is 29.7 Å². The highest BCUT2D eigenvalue weighted by Crippen LogP contribution is 2.31. The van der Waals surface area contributed by atoms with E-state index >= 15 is 0 Å². The summed E-state index contributed by atoms with van der Waals surface area (Å²) in [5, 5.41) is 0. The van der Waals surface area contributed by atoms with Gasteiger partial charge in [-0.15, -0.1) is 0 Å². The van der Waals surface area contributed by atoms with E-state index in [1.807, 2.05) is 0 Å². The number of hydrogen-bond donors (Lipinski definition) is 0. The van der Waals surface area contributed by atoms with Crippen LogP contribution in [0.15, 0.2) is 18.2 Å². The van der Waals surface area contributed by atoms with Crippen molar-refractivity contribution in [2.75, 3.05) is 18.5 Å². The molecule has 116 valence electrons. The zero-order valence-corrected chi connectivity index (χ0v) is 14.0. The topological polar surface area (TPSA) is 20.3 Å². The number of aryl methyl sites for hydroxylation is 2. The Kier molecular flexibility index (Phi) is 5.44. The predicted molar refractivity (Wildman–Crippen MR) is 89.9 cm³/mol. The van der Waals surface area contributed by atoms with E-state index in [0.29, 0.717) is 5.78 Å². The first-order valence-electron chi connectivity index (χ1n) is 8.32. The van der Waals surface area contributed by atoms with Crippen LogP contribution in [0.2, 0.25) is 0 Å². The lowest BCUT2D eigenvalue weighted by atomic mass is 9.78. The SMILES string of the molecule is CCCC1CCC(=O)C(CN(C)c2ccc(C)cc2C)C1. The molecule has 0 N–H and O–H groups in total. The number of ketones is 1. The molecule has 2 heteroatoms. The van der Waals surface area contributed by atoms with Crippen molar-refractivity contribution in [3.63, 3.8) is 0 Å². The maximum absolute atomic E-state index is 12.2. The first kappa shape index (κ1) is 16.1. The zero-order chi connectivity index (χ0) is 15.4. The Balaban J connectivity index is 2.03. The van der Waals surface area contributed by atoms with Crippen LogP contribution in [0.5, 0.6) is 0 Å². The van der Waals surface area contributed by atoms with Gasteiger partial charge in [-0.1, -0.05) is 37.5 Å². The largest absolute Gasteiger partial charge is 0.374 e. The molecule has 0 bridgehead atoms. The minimum absolute atomic E-state index is 0.223. The van der Waals surface area contributed by atoms with Gasteiger partial charge >= 0.3 is 0 Å². The van der Waals surface area contributed by atoms with E-state index in [0.717, 1.165) is 31.7 Å². The molecule has 1 aliphatic rings. The average Bonchev–Trinajstić information content (AvgIpc) is 2.42. The number of rotatable bonds is 5. The van der Waals surface area contributed by atoms with Crippen LogP contribution >= 0.6 is 0 Å². The smallest absolute Gasteiger partial charge is 0.137 e. The van der Waals surface area contributed by atoms with Crippen LogP contribution in [-0.4, -0.2) is 19.4 Å². The van der Waals surface area contributed by atoms with Crippen LogP contribution < -0.4 is 4.90 Å². The maximum Gasteiger partial charge on any atom is 0.137 e.